The molecule has 5 aliphatic rings. The number of likely N-dealkylation sites (N-methyl/N-ethyl adjacent to an activating group) is 1. The third kappa shape index (κ3) is 3.62. The third-order valence-electron chi connectivity index (χ3n) is 7.36. The molecular weight excluding hydrogens is 464 g/mol. The molecule has 8 heteroatoms. The number of esters is 1. The first kappa shape index (κ1) is 20.8. The summed E-state index contributed by atoms with van der Waals surface area (Å²) < 4.78 is 11.4. The molecule has 3 atom stereocenters. The van der Waals surface area contributed by atoms with Crippen LogP contribution in [0.4, 0.5) is 5.69 Å². The van der Waals surface area contributed by atoms with Gasteiger partial charge in [0.2, 0.25) is 0 Å². The van der Waals surface area contributed by atoms with Crippen molar-refractivity contribution < 1.29 is 23.9 Å². The third-order valence-corrected chi connectivity index (χ3v) is 8.29. The quantitative estimate of drug-likeness (QED) is 0.518. The largest absolute Gasteiger partial charge is 0.477 e. The van der Waals surface area contributed by atoms with E-state index in [-0.39, 0.29) is 35.3 Å². The lowest BCUT2D eigenvalue weighted by molar-refractivity contribution is -0.171. The lowest BCUT2D eigenvalue weighted by Gasteiger charge is -2.58. The first-order chi connectivity index (χ1) is 14.8. The smallest absolute Gasteiger partial charge is 0.312 e. The van der Waals surface area contributed by atoms with Gasteiger partial charge in [-0.05, 0) is 62.5 Å². The molecule has 0 spiro atoms. The number of alkyl halides is 1. The number of fused-ring (bicyclic) bond motifs is 1. The maximum Gasteiger partial charge on any atom is 0.312 e. The Bertz CT molecular complexity index is 920. The Morgan fingerprint density at radius 2 is 1.90 bits per heavy atom. The Morgan fingerprint density at radius 3 is 2.58 bits per heavy atom. The van der Waals surface area contributed by atoms with Gasteiger partial charge in [-0.1, -0.05) is 28.1 Å². The van der Waals surface area contributed by atoms with Crippen LogP contribution in [-0.4, -0.2) is 48.4 Å². The fraction of sp³-hybridized carbons (Fsp3) is 0.609. The monoisotopic (exact) mass is 490 g/mol. The van der Waals surface area contributed by atoms with Crippen molar-refractivity contribution in [2.45, 2.75) is 49.0 Å². The van der Waals surface area contributed by atoms with E-state index in [0.717, 1.165) is 32.1 Å². The fourth-order valence-electron chi connectivity index (χ4n) is 6.52. The van der Waals surface area contributed by atoms with Gasteiger partial charge in [0.05, 0.1) is 17.6 Å². The van der Waals surface area contributed by atoms with Crippen molar-refractivity contribution in [3.05, 3.63) is 24.3 Å². The van der Waals surface area contributed by atoms with Crippen LogP contribution in [-0.2, 0) is 19.1 Å². The number of carbonyl (C=O) groups is 3. The molecule has 6 rings (SSSR count). The van der Waals surface area contributed by atoms with Gasteiger partial charge >= 0.3 is 5.97 Å². The number of hydrogen-bond donors (Lipinski definition) is 1. The van der Waals surface area contributed by atoms with Crippen LogP contribution in [0.1, 0.15) is 38.5 Å². The van der Waals surface area contributed by atoms with E-state index in [4.69, 9.17) is 9.47 Å². The van der Waals surface area contributed by atoms with Gasteiger partial charge in [0.1, 0.15) is 5.75 Å². The average molecular weight is 491 g/mol. The molecule has 0 saturated heterocycles. The highest BCUT2D eigenvalue weighted by atomic mass is 79.9. The number of halogens is 1. The van der Waals surface area contributed by atoms with Gasteiger partial charge in [0, 0.05) is 11.4 Å². The minimum Gasteiger partial charge on any atom is -0.477 e. The molecule has 7 nitrogen and oxygen atoms in total. The predicted molar refractivity (Wildman–Crippen MR) is 117 cm³/mol. The molecule has 3 unspecified atom stereocenters. The summed E-state index contributed by atoms with van der Waals surface area (Å²) in [6, 6.07) is 7.08. The first-order valence-corrected chi connectivity index (χ1v) is 11.7. The van der Waals surface area contributed by atoms with Crippen LogP contribution >= 0.6 is 15.9 Å². The molecule has 1 aromatic rings. The highest BCUT2D eigenvalue weighted by Crippen LogP contribution is 2.64. The lowest BCUT2D eigenvalue weighted by Crippen LogP contribution is -2.56. The van der Waals surface area contributed by atoms with E-state index in [9.17, 15) is 14.4 Å². The maximum absolute atomic E-state index is 13.2. The first-order valence-electron chi connectivity index (χ1n) is 10.9. The Labute approximate surface area is 190 Å². The Morgan fingerprint density at radius 1 is 1.19 bits per heavy atom. The highest BCUT2D eigenvalue weighted by Gasteiger charge is 2.60. The molecule has 0 aromatic heterocycles. The molecule has 4 bridgehead atoms. The van der Waals surface area contributed by atoms with E-state index in [0.29, 0.717) is 23.3 Å². The molecule has 1 aromatic carbocycles. The Kier molecular flexibility index (Phi) is 5.03. The van der Waals surface area contributed by atoms with Crippen LogP contribution < -0.4 is 15.0 Å². The van der Waals surface area contributed by atoms with E-state index in [1.54, 1.807) is 24.3 Å². The van der Waals surface area contributed by atoms with Crippen molar-refractivity contribution in [1.82, 2.24) is 5.32 Å². The van der Waals surface area contributed by atoms with Crippen LogP contribution in [0.2, 0.25) is 0 Å². The number of para-hydroxylation sites is 2. The van der Waals surface area contributed by atoms with Gasteiger partial charge in [0.25, 0.3) is 11.8 Å². The van der Waals surface area contributed by atoms with E-state index in [1.807, 2.05) is 0 Å². The Balaban J connectivity index is 1.29. The SMILES string of the molecule is CNC(=O)C1CN(C(=O)COC(=O)C23CC4CC(CC(Br)(C4)C2)C3)c2ccccc2O1. The number of ether oxygens (including phenoxy) is 2. The van der Waals surface area contributed by atoms with Crippen LogP contribution in [0.3, 0.4) is 0 Å². The van der Waals surface area contributed by atoms with Gasteiger partial charge in [-0.15, -0.1) is 0 Å². The van der Waals surface area contributed by atoms with Crippen LogP contribution in [0.25, 0.3) is 0 Å². The number of anilines is 1. The van der Waals surface area contributed by atoms with Crippen molar-refractivity contribution in [3.8, 4) is 5.75 Å². The molecule has 4 fully saturated rings. The number of nitrogens with zero attached hydrogens (tertiary/aromatic N) is 1. The van der Waals surface area contributed by atoms with Gasteiger partial charge in [-0.25, -0.2) is 0 Å². The van der Waals surface area contributed by atoms with Gasteiger partial charge in [-0.3, -0.25) is 14.4 Å². The van der Waals surface area contributed by atoms with Gasteiger partial charge < -0.3 is 19.7 Å². The summed E-state index contributed by atoms with van der Waals surface area (Å²) in [6.45, 7) is -0.257. The molecule has 1 aliphatic heterocycles. The summed E-state index contributed by atoms with van der Waals surface area (Å²) in [5.74, 6) is 0.677. The number of hydrogen-bond acceptors (Lipinski definition) is 5. The number of rotatable bonds is 4. The summed E-state index contributed by atoms with van der Waals surface area (Å²) in [7, 11) is 1.53. The molecule has 2 amide bonds. The maximum atomic E-state index is 13.2. The highest BCUT2D eigenvalue weighted by molar-refractivity contribution is 9.10. The summed E-state index contributed by atoms with van der Waals surface area (Å²) in [5.41, 5.74) is 0.111. The number of carbonyl (C=O) groups excluding carboxylic acids is 3. The summed E-state index contributed by atoms with van der Waals surface area (Å²) in [5, 5.41) is 2.56. The molecule has 0 radical (unpaired) electrons. The number of benzene rings is 1. The molecule has 1 N–H and O–H groups in total. The van der Waals surface area contributed by atoms with E-state index in [1.165, 1.54) is 18.4 Å². The average Bonchev–Trinajstić information content (AvgIpc) is 2.74. The van der Waals surface area contributed by atoms with Gasteiger partial charge in [0.15, 0.2) is 12.7 Å². The topological polar surface area (TPSA) is 84.9 Å². The second-order valence-corrected chi connectivity index (χ2v) is 11.3. The molecular formula is C23H27BrN2O5. The van der Waals surface area contributed by atoms with Crippen LogP contribution in [0, 0.1) is 17.3 Å². The van der Waals surface area contributed by atoms with E-state index in [2.05, 4.69) is 21.2 Å². The lowest BCUT2D eigenvalue weighted by atomic mass is 9.49. The molecule has 4 saturated carbocycles. The molecule has 1 heterocycles. The minimum atomic E-state index is -0.809. The zero-order valence-electron chi connectivity index (χ0n) is 17.6. The minimum absolute atomic E-state index is 0.0456. The van der Waals surface area contributed by atoms with Crippen molar-refractivity contribution in [2.75, 3.05) is 25.1 Å². The van der Waals surface area contributed by atoms with Crippen molar-refractivity contribution in [3.63, 3.8) is 0 Å². The molecule has 4 aliphatic carbocycles. The normalized spacial score (nSPS) is 35.2. The van der Waals surface area contributed by atoms with Crippen molar-refractivity contribution >= 4 is 39.4 Å². The second-order valence-electron chi connectivity index (χ2n) is 9.66. The summed E-state index contributed by atoms with van der Waals surface area (Å²) in [6.07, 6.45) is 5.17. The zero-order valence-corrected chi connectivity index (χ0v) is 19.2. The molecule has 166 valence electrons. The van der Waals surface area contributed by atoms with Crippen molar-refractivity contribution in [2.24, 2.45) is 17.3 Å². The summed E-state index contributed by atoms with van der Waals surface area (Å²) >= 11 is 3.91. The molecule has 31 heavy (non-hydrogen) atoms. The number of amides is 2. The Hall–Kier alpha value is -2.09. The number of nitrogens with one attached hydrogen (secondary N) is 1. The van der Waals surface area contributed by atoms with E-state index < -0.39 is 11.5 Å². The summed E-state index contributed by atoms with van der Waals surface area (Å²) in [4.78, 5) is 39.9. The van der Waals surface area contributed by atoms with E-state index >= 15 is 0 Å². The van der Waals surface area contributed by atoms with Crippen LogP contribution in [0.15, 0.2) is 24.3 Å². The van der Waals surface area contributed by atoms with Crippen molar-refractivity contribution in [1.29, 1.82) is 0 Å². The fourth-order valence-corrected chi connectivity index (χ4v) is 7.97. The second kappa shape index (κ2) is 7.50. The van der Waals surface area contributed by atoms with Crippen LogP contribution in [0.5, 0.6) is 5.75 Å². The predicted octanol–water partition coefficient (Wildman–Crippen LogP) is 2.80. The zero-order chi connectivity index (χ0) is 21.8. The standard InChI is InChI=1S/C23H27BrN2O5/c1-25-20(28)18-11-26(16-4-2-3-5-17(16)31-18)19(27)12-30-21(29)22-7-14-6-15(8-22)10-23(24,9-14)13-22/h2-5,14-15,18H,6-13H2,1H3,(H,25,28). The van der Waals surface area contributed by atoms with Gasteiger partial charge in [-0.2, -0.15) is 0 Å².